The molecular formula is C14H16N4O4. The van der Waals surface area contributed by atoms with Crippen molar-refractivity contribution in [3.05, 3.63) is 41.7 Å². The van der Waals surface area contributed by atoms with Crippen molar-refractivity contribution in [3.63, 3.8) is 0 Å². The quantitative estimate of drug-likeness (QED) is 0.733. The van der Waals surface area contributed by atoms with Crippen LogP contribution in [0, 0.1) is 0 Å². The summed E-state index contributed by atoms with van der Waals surface area (Å²) in [5, 5.41) is 19.3. The zero-order valence-corrected chi connectivity index (χ0v) is 12.0. The molecule has 0 aliphatic heterocycles. The van der Waals surface area contributed by atoms with Gasteiger partial charge in [0.1, 0.15) is 5.75 Å². The van der Waals surface area contributed by atoms with Crippen LogP contribution >= 0.6 is 0 Å². The van der Waals surface area contributed by atoms with Crippen molar-refractivity contribution in [2.75, 3.05) is 13.7 Å². The number of rotatable bonds is 7. The molecule has 2 aromatic rings. The predicted octanol–water partition coefficient (Wildman–Crippen LogP) is 0.805. The molecule has 0 saturated heterocycles. The molecule has 0 radical (unpaired) electrons. The SMILES string of the molecule is COc1cc(C(=O)O)cc(C(=O)NCCCn2ccnn2)c1. The van der Waals surface area contributed by atoms with Gasteiger partial charge in [-0.25, -0.2) is 4.79 Å². The number of aryl methyl sites for hydroxylation is 1. The van der Waals surface area contributed by atoms with Gasteiger partial charge in [0.2, 0.25) is 0 Å². The second-order valence-corrected chi connectivity index (χ2v) is 4.53. The number of carboxylic acid groups (broad SMARTS) is 1. The van der Waals surface area contributed by atoms with Gasteiger partial charge >= 0.3 is 5.97 Å². The van der Waals surface area contributed by atoms with E-state index >= 15 is 0 Å². The second kappa shape index (κ2) is 7.21. The van der Waals surface area contributed by atoms with Gasteiger partial charge in [-0.15, -0.1) is 5.10 Å². The van der Waals surface area contributed by atoms with Crippen LogP contribution in [0.3, 0.4) is 0 Å². The number of methoxy groups -OCH3 is 1. The van der Waals surface area contributed by atoms with Crippen molar-refractivity contribution in [2.24, 2.45) is 0 Å². The molecule has 0 atom stereocenters. The fourth-order valence-corrected chi connectivity index (χ4v) is 1.87. The maximum absolute atomic E-state index is 12.1. The van der Waals surface area contributed by atoms with Gasteiger partial charge in [0, 0.05) is 24.8 Å². The van der Waals surface area contributed by atoms with Crippen LogP contribution in [0.5, 0.6) is 5.75 Å². The molecule has 1 aromatic carbocycles. The zero-order valence-electron chi connectivity index (χ0n) is 12.0. The minimum Gasteiger partial charge on any atom is -0.497 e. The molecule has 2 N–H and O–H groups in total. The lowest BCUT2D eigenvalue weighted by molar-refractivity contribution is 0.0696. The first-order valence-corrected chi connectivity index (χ1v) is 6.65. The van der Waals surface area contributed by atoms with Crippen molar-refractivity contribution in [3.8, 4) is 5.75 Å². The predicted molar refractivity (Wildman–Crippen MR) is 76.9 cm³/mol. The van der Waals surface area contributed by atoms with Gasteiger partial charge < -0.3 is 15.2 Å². The molecular weight excluding hydrogens is 288 g/mol. The average molecular weight is 304 g/mol. The molecule has 0 bridgehead atoms. The highest BCUT2D eigenvalue weighted by molar-refractivity contribution is 5.98. The van der Waals surface area contributed by atoms with Crippen molar-refractivity contribution in [2.45, 2.75) is 13.0 Å². The molecule has 1 amide bonds. The van der Waals surface area contributed by atoms with Crippen molar-refractivity contribution < 1.29 is 19.4 Å². The summed E-state index contributed by atoms with van der Waals surface area (Å²) in [5.74, 6) is -1.13. The number of hydrogen-bond acceptors (Lipinski definition) is 5. The number of amides is 1. The summed E-state index contributed by atoms with van der Waals surface area (Å²) in [6.45, 7) is 1.08. The Kier molecular flexibility index (Phi) is 5.07. The largest absolute Gasteiger partial charge is 0.497 e. The standard InChI is InChI=1S/C14H16N4O4/c1-22-12-8-10(7-11(9-12)14(20)21)13(19)15-3-2-5-18-6-4-16-17-18/h4,6-9H,2-3,5H2,1H3,(H,15,19)(H,20,21). The van der Waals surface area contributed by atoms with Gasteiger partial charge in [-0.1, -0.05) is 5.21 Å². The van der Waals surface area contributed by atoms with E-state index in [1.165, 1.54) is 25.3 Å². The summed E-state index contributed by atoms with van der Waals surface area (Å²) in [5.41, 5.74) is 0.254. The molecule has 0 spiro atoms. The fraction of sp³-hybridized carbons (Fsp3) is 0.286. The summed E-state index contributed by atoms with van der Waals surface area (Å²) in [6.07, 6.45) is 4.01. The van der Waals surface area contributed by atoms with Crippen LogP contribution in [0.25, 0.3) is 0 Å². The van der Waals surface area contributed by atoms with Gasteiger partial charge in [-0.05, 0) is 24.6 Å². The van der Waals surface area contributed by atoms with Gasteiger partial charge in [0.15, 0.2) is 0 Å². The number of nitrogens with one attached hydrogen (secondary N) is 1. The van der Waals surface area contributed by atoms with Crippen LogP contribution in [-0.2, 0) is 6.54 Å². The van der Waals surface area contributed by atoms with Crippen LogP contribution < -0.4 is 10.1 Å². The van der Waals surface area contributed by atoms with Gasteiger partial charge in [-0.2, -0.15) is 0 Å². The molecule has 1 aromatic heterocycles. The van der Waals surface area contributed by atoms with Gasteiger partial charge in [-0.3, -0.25) is 9.48 Å². The minimum absolute atomic E-state index is 0.00659. The maximum atomic E-state index is 12.1. The molecule has 1 heterocycles. The summed E-state index contributed by atoms with van der Waals surface area (Å²) in [7, 11) is 1.42. The van der Waals surface area contributed by atoms with E-state index in [1.54, 1.807) is 17.1 Å². The Balaban J connectivity index is 1.93. The highest BCUT2D eigenvalue weighted by Gasteiger charge is 2.12. The van der Waals surface area contributed by atoms with E-state index in [1.807, 2.05) is 0 Å². The van der Waals surface area contributed by atoms with Crippen LogP contribution in [0.15, 0.2) is 30.6 Å². The van der Waals surface area contributed by atoms with E-state index in [0.717, 1.165) is 0 Å². The molecule has 0 aliphatic carbocycles. The van der Waals surface area contributed by atoms with Crippen LogP contribution in [0.4, 0.5) is 0 Å². The van der Waals surface area contributed by atoms with Crippen molar-refractivity contribution in [1.29, 1.82) is 0 Å². The number of hydrogen-bond donors (Lipinski definition) is 2. The Labute approximate surface area is 126 Å². The Bertz CT molecular complexity index is 655. The first kappa shape index (κ1) is 15.5. The first-order valence-electron chi connectivity index (χ1n) is 6.65. The number of carbonyl (C=O) groups is 2. The van der Waals surface area contributed by atoms with E-state index in [-0.39, 0.29) is 17.0 Å². The summed E-state index contributed by atoms with van der Waals surface area (Å²) >= 11 is 0. The summed E-state index contributed by atoms with van der Waals surface area (Å²) < 4.78 is 6.68. The van der Waals surface area contributed by atoms with Gasteiger partial charge in [0.25, 0.3) is 5.91 Å². The Morgan fingerprint density at radius 3 is 2.73 bits per heavy atom. The van der Waals surface area contributed by atoms with Crippen LogP contribution in [0.2, 0.25) is 0 Å². The lowest BCUT2D eigenvalue weighted by Crippen LogP contribution is -2.25. The molecule has 0 aliphatic rings. The molecule has 8 nitrogen and oxygen atoms in total. The van der Waals surface area contributed by atoms with Crippen LogP contribution in [-0.4, -0.2) is 45.6 Å². The third kappa shape index (κ3) is 4.05. The molecule has 2 rings (SSSR count). The van der Waals surface area contributed by atoms with Crippen molar-refractivity contribution in [1.82, 2.24) is 20.3 Å². The molecule has 0 fully saturated rings. The number of carboxylic acids is 1. The molecule has 8 heteroatoms. The normalized spacial score (nSPS) is 10.2. The number of nitrogens with zero attached hydrogens (tertiary/aromatic N) is 3. The van der Waals surface area contributed by atoms with E-state index in [2.05, 4.69) is 15.6 Å². The Hall–Kier alpha value is -2.90. The van der Waals surface area contributed by atoms with Gasteiger partial charge in [0.05, 0.1) is 18.9 Å². The molecule has 22 heavy (non-hydrogen) atoms. The second-order valence-electron chi connectivity index (χ2n) is 4.53. The third-order valence-electron chi connectivity index (χ3n) is 2.97. The Morgan fingerprint density at radius 1 is 1.32 bits per heavy atom. The minimum atomic E-state index is -1.11. The number of carbonyl (C=O) groups excluding carboxylic acids is 1. The van der Waals surface area contributed by atoms with E-state index < -0.39 is 5.97 Å². The smallest absolute Gasteiger partial charge is 0.335 e. The first-order chi connectivity index (χ1) is 10.6. The zero-order chi connectivity index (χ0) is 15.9. The number of aromatic carboxylic acids is 1. The third-order valence-corrected chi connectivity index (χ3v) is 2.97. The van der Waals surface area contributed by atoms with Crippen molar-refractivity contribution >= 4 is 11.9 Å². The topological polar surface area (TPSA) is 106 Å². The lowest BCUT2D eigenvalue weighted by Gasteiger charge is -2.08. The number of benzene rings is 1. The lowest BCUT2D eigenvalue weighted by atomic mass is 10.1. The summed E-state index contributed by atoms with van der Waals surface area (Å²) in [6, 6.07) is 4.18. The highest BCUT2D eigenvalue weighted by Crippen LogP contribution is 2.17. The number of ether oxygens (including phenoxy) is 1. The number of aromatic nitrogens is 3. The van der Waals surface area contributed by atoms with Crippen LogP contribution in [0.1, 0.15) is 27.1 Å². The Morgan fingerprint density at radius 2 is 2.09 bits per heavy atom. The molecule has 116 valence electrons. The monoisotopic (exact) mass is 304 g/mol. The molecule has 0 unspecified atom stereocenters. The highest BCUT2D eigenvalue weighted by atomic mass is 16.5. The summed E-state index contributed by atoms with van der Waals surface area (Å²) in [4.78, 5) is 23.1. The maximum Gasteiger partial charge on any atom is 0.335 e. The van der Waals surface area contributed by atoms with E-state index in [4.69, 9.17) is 9.84 Å². The molecule has 0 saturated carbocycles. The van der Waals surface area contributed by atoms with E-state index in [0.29, 0.717) is 25.3 Å². The van der Waals surface area contributed by atoms with E-state index in [9.17, 15) is 9.59 Å². The average Bonchev–Trinajstić information content (AvgIpc) is 3.04. The fourth-order valence-electron chi connectivity index (χ4n) is 1.87.